The van der Waals surface area contributed by atoms with Crippen LogP contribution in [-0.4, -0.2) is 65.3 Å². The molecule has 4 N–H and O–H groups in total. The number of nitrogens with two attached hydrogens (primary N) is 1. The smallest absolute Gasteiger partial charge is 0.320 e. The summed E-state index contributed by atoms with van der Waals surface area (Å²) in [6.07, 6.45) is 3.61. The minimum atomic E-state index is -0.967. The van der Waals surface area contributed by atoms with Crippen LogP contribution in [0.1, 0.15) is 46.0 Å². The Balaban J connectivity index is 2.02. The van der Waals surface area contributed by atoms with Gasteiger partial charge < -0.3 is 25.4 Å². The largest absolute Gasteiger partial charge is 0.480 e. The van der Waals surface area contributed by atoms with Gasteiger partial charge in [0.05, 0.1) is 25.4 Å². The molecule has 0 amide bonds. The maximum absolute atomic E-state index is 11.1. The van der Waals surface area contributed by atoms with Gasteiger partial charge in [0.2, 0.25) is 0 Å². The third-order valence-corrected chi connectivity index (χ3v) is 6.89. The molecule has 2 rings (SSSR count). The van der Waals surface area contributed by atoms with E-state index in [-0.39, 0.29) is 23.5 Å². The highest BCUT2D eigenvalue weighted by molar-refractivity contribution is 7.99. The lowest BCUT2D eigenvalue weighted by atomic mass is 9.68. The highest BCUT2D eigenvalue weighted by atomic mass is 32.2. The summed E-state index contributed by atoms with van der Waals surface area (Å²) in [5, 5.41) is 20.0. The molecule has 2 fully saturated rings. The highest BCUT2D eigenvalue weighted by Crippen LogP contribution is 2.43. The second kappa shape index (κ2) is 10.3. The summed E-state index contributed by atoms with van der Waals surface area (Å²) < 4.78 is 12.1. The van der Waals surface area contributed by atoms with Crippen molar-refractivity contribution in [3.05, 3.63) is 12.2 Å². The van der Waals surface area contributed by atoms with Gasteiger partial charge in [0.25, 0.3) is 0 Å². The van der Waals surface area contributed by atoms with E-state index in [4.69, 9.17) is 20.3 Å². The van der Waals surface area contributed by atoms with Crippen LogP contribution in [0.15, 0.2) is 12.2 Å². The predicted molar refractivity (Wildman–Crippen MR) is 108 cm³/mol. The number of carboxylic acid groups (broad SMARTS) is 1. The number of rotatable bonds is 6. The molecular weight excluding hydrogens is 366 g/mol. The molecule has 5 atom stereocenters. The summed E-state index contributed by atoms with van der Waals surface area (Å²) >= 11 is 1.64. The molecule has 0 aromatic rings. The molecule has 7 heteroatoms. The number of fused-ring (bicyclic) bond motifs is 2. The van der Waals surface area contributed by atoms with E-state index in [1.807, 2.05) is 0 Å². The summed E-state index contributed by atoms with van der Waals surface area (Å²) in [6, 6.07) is -0.824. The fraction of sp³-hybridized carbons (Fsp3) is 0.850. The van der Waals surface area contributed by atoms with Gasteiger partial charge >= 0.3 is 5.97 Å². The van der Waals surface area contributed by atoms with Crippen LogP contribution < -0.4 is 5.73 Å². The van der Waals surface area contributed by atoms with E-state index in [1.54, 1.807) is 11.8 Å². The quantitative estimate of drug-likeness (QED) is 0.464. The zero-order valence-corrected chi connectivity index (χ0v) is 17.4. The molecule has 2 aliphatic heterocycles. The molecule has 0 aliphatic carbocycles. The average molecular weight is 402 g/mol. The number of carbonyl (C=O) groups is 1. The van der Waals surface area contributed by atoms with Crippen LogP contribution in [0.5, 0.6) is 0 Å². The van der Waals surface area contributed by atoms with Crippen molar-refractivity contribution in [3.63, 3.8) is 0 Å². The Kier molecular flexibility index (Phi) is 8.62. The lowest BCUT2D eigenvalue weighted by Gasteiger charge is -2.47. The number of thioether (sulfide) groups is 1. The van der Waals surface area contributed by atoms with Crippen molar-refractivity contribution in [3.8, 4) is 0 Å². The number of aliphatic carboxylic acids is 1. The van der Waals surface area contributed by atoms with Gasteiger partial charge in [-0.3, -0.25) is 4.79 Å². The van der Waals surface area contributed by atoms with Crippen LogP contribution in [-0.2, 0) is 14.3 Å². The predicted octanol–water partition coefficient (Wildman–Crippen LogP) is 2.44. The Morgan fingerprint density at radius 2 is 2.15 bits per heavy atom. The molecule has 2 bridgehead atoms. The van der Waals surface area contributed by atoms with E-state index in [1.165, 1.54) is 0 Å². The molecule has 0 spiro atoms. The van der Waals surface area contributed by atoms with E-state index in [2.05, 4.69) is 20.4 Å². The van der Waals surface area contributed by atoms with Crippen molar-refractivity contribution in [2.45, 2.75) is 70.3 Å². The third kappa shape index (κ3) is 6.46. The van der Waals surface area contributed by atoms with Gasteiger partial charge in [-0.25, -0.2) is 0 Å². The Morgan fingerprint density at radius 1 is 1.41 bits per heavy atom. The lowest BCUT2D eigenvalue weighted by Crippen LogP contribution is -2.56. The van der Waals surface area contributed by atoms with Crippen LogP contribution in [0.2, 0.25) is 0 Å². The number of hydrogen-bond acceptors (Lipinski definition) is 6. The zero-order chi connectivity index (χ0) is 20.0. The molecule has 0 aromatic heterocycles. The number of aliphatic hydroxyl groups excluding tert-OH is 1. The molecule has 27 heavy (non-hydrogen) atoms. The van der Waals surface area contributed by atoms with Crippen LogP contribution in [0.3, 0.4) is 0 Å². The first kappa shape index (κ1) is 22.7. The molecule has 0 aromatic carbocycles. The van der Waals surface area contributed by atoms with E-state index in [0.29, 0.717) is 25.4 Å². The second-order valence-corrected chi connectivity index (χ2v) is 9.64. The van der Waals surface area contributed by atoms with Crippen LogP contribution in [0.25, 0.3) is 0 Å². The van der Waals surface area contributed by atoms with Gasteiger partial charge in [0.15, 0.2) is 0 Å². The summed E-state index contributed by atoms with van der Waals surface area (Å²) in [4.78, 5) is 10.8. The minimum absolute atomic E-state index is 0.0248. The Hall–Kier alpha value is -0.600. The van der Waals surface area contributed by atoms with E-state index >= 15 is 0 Å². The van der Waals surface area contributed by atoms with Gasteiger partial charge in [0, 0.05) is 11.7 Å². The normalized spacial score (nSPS) is 33.1. The number of ether oxygens (including phenoxy) is 2. The SMILES string of the molecule is C=C1CCCCC(C)(C)C2C(CSCCC(N)C(=O)O)OCC(OC1)C2O. The van der Waals surface area contributed by atoms with E-state index < -0.39 is 18.1 Å². The summed E-state index contributed by atoms with van der Waals surface area (Å²) in [6.45, 7) is 9.34. The monoisotopic (exact) mass is 401 g/mol. The third-order valence-electron chi connectivity index (χ3n) is 5.80. The van der Waals surface area contributed by atoms with Gasteiger partial charge in [0.1, 0.15) is 12.1 Å². The second-order valence-electron chi connectivity index (χ2n) is 8.49. The van der Waals surface area contributed by atoms with Gasteiger partial charge in [-0.15, -0.1) is 0 Å². The van der Waals surface area contributed by atoms with E-state index in [9.17, 15) is 9.90 Å². The molecule has 6 nitrogen and oxygen atoms in total. The number of hydrogen-bond donors (Lipinski definition) is 3. The Bertz CT molecular complexity index is 513. The Morgan fingerprint density at radius 3 is 2.85 bits per heavy atom. The van der Waals surface area contributed by atoms with Crippen molar-refractivity contribution in [2.24, 2.45) is 17.1 Å². The van der Waals surface area contributed by atoms with Crippen molar-refractivity contribution >= 4 is 17.7 Å². The maximum Gasteiger partial charge on any atom is 0.320 e. The van der Waals surface area contributed by atoms with E-state index in [0.717, 1.165) is 37.0 Å². The molecule has 0 saturated carbocycles. The van der Waals surface area contributed by atoms with Crippen LogP contribution >= 0.6 is 11.8 Å². The molecule has 0 radical (unpaired) electrons. The maximum atomic E-state index is 11.1. The summed E-state index contributed by atoms with van der Waals surface area (Å²) in [7, 11) is 0. The highest BCUT2D eigenvalue weighted by Gasteiger charge is 2.47. The first-order valence-electron chi connectivity index (χ1n) is 9.86. The van der Waals surface area contributed by atoms with Gasteiger partial charge in [-0.05, 0) is 36.9 Å². The molecule has 2 aliphatic rings. The lowest BCUT2D eigenvalue weighted by molar-refractivity contribution is -0.193. The molecule has 156 valence electrons. The molecule has 2 saturated heterocycles. The zero-order valence-electron chi connectivity index (χ0n) is 16.6. The van der Waals surface area contributed by atoms with Crippen molar-refractivity contribution in [1.29, 1.82) is 0 Å². The van der Waals surface area contributed by atoms with Crippen LogP contribution in [0, 0.1) is 11.3 Å². The minimum Gasteiger partial charge on any atom is -0.480 e. The molecular formula is C20H35NO5S. The first-order valence-corrected chi connectivity index (χ1v) is 11.0. The molecule has 2 heterocycles. The molecule has 5 unspecified atom stereocenters. The topological polar surface area (TPSA) is 102 Å². The fourth-order valence-electron chi connectivity index (χ4n) is 4.09. The number of aliphatic hydroxyl groups is 1. The first-order chi connectivity index (χ1) is 12.7. The van der Waals surface area contributed by atoms with Crippen molar-refractivity contribution in [2.75, 3.05) is 24.7 Å². The average Bonchev–Trinajstić information content (AvgIpc) is 2.61. The van der Waals surface area contributed by atoms with Crippen LogP contribution in [0.4, 0.5) is 0 Å². The van der Waals surface area contributed by atoms with Gasteiger partial charge in [-0.2, -0.15) is 11.8 Å². The fourth-order valence-corrected chi connectivity index (χ4v) is 5.21. The van der Waals surface area contributed by atoms with Crippen molar-refractivity contribution in [1.82, 2.24) is 0 Å². The van der Waals surface area contributed by atoms with Gasteiger partial charge in [-0.1, -0.05) is 32.4 Å². The Labute approximate surface area is 166 Å². The standard InChI is InChI=1S/C20H35NO5S/c1-13-6-4-5-8-20(2,3)17-16(12-27-9-7-14(21)19(23)24)26-11-15(18(17)22)25-10-13/h14-18,22H,1,4-12,21H2,2-3H3,(H,23,24). The summed E-state index contributed by atoms with van der Waals surface area (Å²) in [5.41, 5.74) is 6.57. The van der Waals surface area contributed by atoms with Crippen molar-refractivity contribution < 1.29 is 24.5 Å². The number of carboxylic acids is 1. The summed E-state index contributed by atoms with van der Waals surface area (Å²) in [5.74, 6) is 0.391.